The highest BCUT2D eigenvalue weighted by Gasteiger charge is 2.56. The first kappa shape index (κ1) is 16.4. The zero-order valence-corrected chi connectivity index (χ0v) is 15.5. The minimum atomic E-state index is 0.484. The molecular formula is C19H28N6O. The number of hydrogen-bond donors (Lipinski definition) is 1. The second-order valence-corrected chi connectivity index (χ2v) is 8.19. The highest BCUT2D eigenvalue weighted by molar-refractivity contribution is 5.12. The molecule has 7 nitrogen and oxygen atoms in total. The van der Waals surface area contributed by atoms with Crippen LogP contribution in [0.2, 0.25) is 0 Å². The number of nitrogens with zero attached hydrogens (tertiary/aromatic N) is 5. The van der Waals surface area contributed by atoms with Gasteiger partial charge in [-0.15, -0.1) is 0 Å². The summed E-state index contributed by atoms with van der Waals surface area (Å²) in [6.07, 6.45) is 10.2. The molecule has 26 heavy (non-hydrogen) atoms. The third-order valence-corrected chi connectivity index (χ3v) is 6.43. The summed E-state index contributed by atoms with van der Waals surface area (Å²) in [5.41, 5.74) is 0.484. The van der Waals surface area contributed by atoms with Crippen LogP contribution < -0.4 is 5.32 Å². The fourth-order valence-corrected chi connectivity index (χ4v) is 4.55. The van der Waals surface area contributed by atoms with E-state index in [2.05, 4.69) is 43.0 Å². The van der Waals surface area contributed by atoms with Crippen molar-refractivity contribution in [2.24, 2.45) is 5.41 Å². The summed E-state index contributed by atoms with van der Waals surface area (Å²) in [6.45, 7) is 7.02. The summed E-state index contributed by atoms with van der Waals surface area (Å²) in [5.74, 6) is 3.31. The fourth-order valence-electron chi connectivity index (χ4n) is 4.55. The lowest BCUT2D eigenvalue weighted by Crippen LogP contribution is -2.36. The zero-order valence-electron chi connectivity index (χ0n) is 15.5. The molecular weight excluding hydrogens is 328 g/mol. The Balaban J connectivity index is 1.35. The summed E-state index contributed by atoms with van der Waals surface area (Å²) in [7, 11) is 0. The van der Waals surface area contributed by atoms with Gasteiger partial charge in [0.1, 0.15) is 5.82 Å². The van der Waals surface area contributed by atoms with E-state index in [1.165, 1.54) is 32.1 Å². The van der Waals surface area contributed by atoms with Crippen molar-refractivity contribution in [3.63, 3.8) is 0 Å². The van der Waals surface area contributed by atoms with E-state index in [-0.39, 0.29) is 0 Å². The van der Waals surface area contributed by atoms with Gasteiger partial charge in [0.25, 0.3) is 0 Å². The quantitative estimate of drug-likeness (QED) is 0.821. The van der Waals surface area contributed by atoms with Crippen molar-refractivity contribution in [1.82, 2.24) is 29.9 Å². The molecule has 1 unspecified atom stereocenters. The van der Waals surface area contributed by atoms with E-state index in [1.54, 1.807) is 0 Å². The van der Waals surface area contributed by atoms with Crippen LogP contribution in [0.25, 0.3) is 0 Å². The number of piperidine rings is 1. The van der Waals surface area contributed by atoms with Crippen molar-refractivity contribution < 1.29 is 4.52 Å². The molecule has 1 spiro atoms. The number of hydrogen-bond acceptors (Lipinski definition) is 6. The maximum Gasteiger partial charge on any atom is 0.229 e. The van der Waals surface area contributed by atoms with Crippen LogP contribution in [0.15, 0.2) is 16.9 Å². The molecule has 2 aromatic heterocycles. The van der Waals surface area contributed by atoms with E-state index in [4.69, 9.17) is 4.52 Å². The lowest BCUT2D eigenvalue weighted by Gasteiger charge is -2.28. The summed E-state index contributed by atoms with van der Waals surface area (Å²) in [5, 5.41) is 7.77. The first-order valence-electron chi connectivity index (χ1n) is 10.0. The Bertz CT molecular complexity index is 758. The minimum absolute atomic E-state index is 0.484. The van der Waals surface area contributed by atoms with Crippen molar-refractivity contribution >= 4 is 0 Å². The SMILES string of the molecule is CCn1ccnc1CN(Cc1noc(C2CC2)n1)C1CC12CCNCC2. The summed E-state index contributed by atoms with van der Waals surface area (Å²) >= 11 is 0. The smallest absolute Gasteiger partial charge is 0.229 e. The van der Waals surface area contributed by atoms with Gasteiger partial charge >= 0.3 is 0 Å². The van der Waals surface area contributed by atoms with Crippen LogP contribution in [-0.4, -0.2) is 43.7 Å². The zero-order chi connectivity index (χ0) is 17.6. The van der Waals surface area contributed by atoms with Gasteiger partial charge in [0.2, 0.25) is 5.89 Å². The normalized spacial score (nSPS) is 24.5. The number of rotatable bonds is 7. The van der Waals surface area contributed by atoms with Crippen LogP contribution in [0.4, 0.5) is 0 Å². The molecule has 1 N–H and O–H groups in total. The molecule has 1 aliphatic heterocycles. The molecule has 3 heterocycles. The molecule has 2 aromatic rings. The Hall–Kier alpha value is -1.73. The highest BCUT2D eigenvalue weighted by Crippen LogP contribution is 2.56. The van der Waals surface area contributed by atoms with Crippen molar-refractivity contribution in [2.75, 3.05) is 13.1 Å². The molecule has 2 aliphatic carbocycles. The highest BCUT2D eigenvalue weighted by atomic mass is 16.5. The summed E-state index contributed by atoms with van der Waals surface area (Å²) in [6, 6.07) is 0.606. The Morgan fingerprint density at radius 3 is 2.92 bits per heavy atom. The second-order valence-electron chi connectivity index (χ2n) is 8.19. The number of nitrogens with one attached hydrogen (secondary N) is 1. The van der Waals surface area contributed by atoms with E-state index < -0.39 is 0 Å². The first-order valence-corrected chi connectivity index (χ1v) is 10.0. The van der Waals surface area contributed by atoms with Gasteiger partial charge in [-0.3, -0.25) is 4.90 Å². The molecule has 7 heteroatoms. The molecule has 2 saturated carbocycles. The summed E-state index contributed by atoms with van der Waals surface area (Å²) in [4.78, 5) is 11.8. The average molecular weight is 356 g/mol. The van der Waals surface area contributed by atoms with E-state index in [0.29, 0.717) is 17.4 Å². The van der Waals surface area contributed by atoms with Gasteiger partial charge in [0.15, 0.2) is 5.82 Å². The van der Waals surface area contributed by atoms with Gasteiger partial charge in [0.05, 0.1) is 13.1 Å². The number of aryl methyl sites for hydroxylation is 1. The maximum absolute atomic E-state index is 5.49. The molecule has 5 rings (SSSR count). The van der Waals surface area contributed by atoms with Crippen molar-refractivity contribution in [1.29, 1.82) is 0 Å². The third kappa shape index (κ3) is 3.07. The Morgan fingerprint density at radius 1 is 1.31 bits per heavy atom. The number of imidazole rings is 1. The largest absolute Gasteiger partial charge is 0.339 e. The van der Waals surface area contributed by atoms with E-state index >= 15 is 0 Å². The van der Waals surface area contributed by atoms with Crippen molar-refractivity contribution in [3.05, 3.63) is 29.9 Å². The van der Waals surface area contributed by atoms with Gasteiger partial charge in [-0.25, -0.2) is 4.98 Å². The third-order valence-electron chi connectivity index (χ3n) is 6.43. The molecule has 140 valence electrons. The summed E-state index contributed by atoms with van der Waals surface area (Å²) < 4.78 is 7.72. The monoisotopic (exact) mass is 356 g/mol. The molecule has 1 atom stereocenters. The minimum Gasteiger partial charge on any atom is -0.339 e. The lowest BCUT2D eigenvalue weighted by molar-refractivity contribution is 0.176. The van der Waals surface area contributed by atoms with E-state index in [9.17, 15) is 0 Å². The topological polar surface area (TPSA) is 72.0 Å². The molecule has 1 saturated heterocycles. The van der Waals surface area contributed by atoms with Gasteiger partial charge in [-0.1, -0.05) is 5.16 Å². The molecule has 0 aromatic carbocycles. The van der Waals surface area contributed by atoms with Crippen LogP contribution >= 0.6 is 0 Å². The predicted octanol–water partition coefficient (Wildman–Crippen LogP) is 2.31. The van der Waals surface area contributed by atoms with Gasteiger partial charge < -0.3 is 14.4 Å². The average Bonchev–Trinajstić information content (AvgIpc) is 3.52. The molecule has 3 fully saturated rings. The van der Waals surface area contributed by atoms with Crippen molar-refractivity contribution in [3.8, 4) is 0 Å². The standard InChI is InChI=1S/C19H28N6O/c1-2-24-10-9-21-17(24)13-25(15-11-19(15)5-7-20-8-6-19)12-16-22-18(26-23-16)14-3-4-14/h9-10,14-15,20H,2-8,11-13H2,1H3. The van der Waals surface area contributed by atoms with Crippen LogP contribution in [0, 0.1) is 5.41 Å². The Kier molecular flexibility index (Phi) is 4.09. The van der Waals surface area contributed by atoms with Crippen LogP contribution in [0.3, 0.4) is 0 Å². The van der Waals surface area contributed by atoms with Crippen LogP contribution in [0.1, 0.15) is 62.5 Å². The molecule has 0 bridgehead atoms. The molecule has 0 radical (unpaired) electrons. The van der Waals surface area contributed by atoms with Gasteiger partial charge in [-0.2, -0.15) is 4.98 Å². The lowest BCUT2D eigenvalue weighted by atomic mass is 9.93. The second kappa shape index (κ2) is 6.46. The van der Waals surface area contributed by atoms with E-state index in [0.717, 1.165) is 50.3 Å². The van der Waals surface area contributed by atoms with Gasteiger partial charge in [-0.05, 0) is 57.5 Å². The molecule has 0 amide bonds. The van der Waals surface area contributed by atoms with E-state index in [1.807, 2.05) is 6.20 Å². The first-order chi connectivity index (χ1) is 12.8. The van der Waals surface area contributed by atoms with Crippen molar-refractivity contribution in [2.45, 2.75) is 70.6 Å². The van der Waals surface area contributed by atoms with Gasteiger partial charge in [0, 0.05) is 30.9 Å². The van der Waals surface area contributed by atoms with Crippen LogP contribution in [-0.2, 0) is 19.6 Å². The number of aromatic nitrogens is 4. The fraction of sp³-hybridized carbons (Fsp3) is 0.737. The maximum atomic E-state index is 5.49. The van der Waals surface area contributed by atoms with Crippen LogP contribution in [0.5, 0.6) is 0 Å². The molecule has 3 aliphatic rings. The Labute approximate surface area is 154 Å². The predicted molar refractivity (Wildman–Crippen MR) is 96.4 cm³/mol. The Morgan fingerprint density at radius 2 is 2.15 bits per heavy atom.